The fourth-order valence-corrected chi connectivity index (χ4v) is 4.95. The number of ether oxygens (including phenoxy) is 1. The zero-order valence-electron chi connectivity index (χ0n) is 14.1. The summed E-state index contributed by atoms with van der Waals surface area (Å²) in [5, 5.41) is 2.78. The third-order valence-electron chi connectivity index (χ3n) is 4.70. The van der Waals surface area contributed by atoms with Crippen molar-refractivity contribution in [3.05, 3.63) is 29.8 Å². The van der Waals surface area contributed by atoms with Gasteiger partial charge < -0.3 is 15.0 Å². The minimum absolute atomic E-state index is 0.00499. The molecule has 0 spiro atoms. The molecule has 1 aromatic carbocycles. The Morgan fingerprint density at radius 2 is 2.04 bits per heavy atom. The van der Waals surface area contributed by atoms with Crippen LogP contribution in [-0.4, -0.2) is 56.3 Å². The number of nitrogens with one attached hydrogen (secondary N) is 1. The minimum Gasteiger partial charge on any atom is -0.497 e. The summed E-state index contributed by atoms with van der Waals surface area (Å²) < 4.78 is 28.1. The van der Waals surface area contributed by atoms with Crippen LogP contribution in [0.5, 0.6) is 5.75 Å². The smallest absolute Gasteiger partial charge is 0.225 e. The summed E-state index contributed by atoms with van der Waals surface area (Å²) in [6.45, 7) is 0.806. The zero-order chi connectivity index (χ0) is 18.0. The fourth-order valence-electron chi connectivity index (χ4n) is 3.28. The molecule has 2 fully saturated rings. The third kappa shape index (κ3) is 4.31. The van der Waals surface area contributed by atoms with Crippen LogP contribution >= 0.6 is 0 Å². The van der Waals surface area contributed by atoms with Crippen LogP contribution in [0.1, 0.15) is 18.4 Å². The third-order valence-corrected chi connectivity index (χ3v) is 6.46. The monoisotopic (exact) mass is 366 g/mol. The molecule has 136 valence electrons. The van der Waals surface area contributed by atoms with Crippen molar-refractivity contribution in [3.8, 4) is 5.75 Å². The molecule has 0 saturated carbocycles. The maximum Gasteiger partial charge on any atom is 0.225 e. The van der Waals surface area contributed by atoms with Gasteiger partial charge in [-0.2, -0.15) is 0 Å². The van der Waals surface area contributed by atoms with E-state index in [2.05, 4.69) is 5.32 Å². The van der Waals surface area contributed by atoms with E-state index in [1.807, 2.05) is 24.3 Å². The zero-order valence-corrected chi connectivity index (χ0v) is 14.9. The summed E-state index contributed by atoms with van der Waals surface area (Å²) in [5.74, 6) is 0.150. The highest BCUT2D eigenvalue weighted by atomic mass is 32.2. The predicted molar refractivity (Wildman–Crippen MR) is 91.7 cm³/mol. The molecule has 7 nitrogen and oxygen atoms in total. The first kappa shape index (κ1) is 17.7. The second-order valence-corrected chi connectivity index (χ2v) is 8.86. The highest BCUT2D eigenvalue weighted by molar-refractivity contribution is 7.91. The molecule has 0 aliphatic carbocycles. The van der Waals surface area contributed by atoms with Gasteiger partial charge >= 0.3 is 0 Å². The van der Waals surface area contributed by atoms with Crippen molar-refractivity contribution in [1.82, 2.24) is 10.2 Å². The summed E-state index contributed by atoms with van der Waals surface area (Å²) in [4.78, 5) is 26.2. The van der Waals surface area contributed by atoms with Crippen molar-refractivity contribution >= 4 is 21.7 Å². The van der Waals surface area contributed by atoms with Gasteiger partial charge in [-0.15, -0.1) is 0 Å². The molecule has 2 saturated heterocycles. The van der Waals surface area contributed by atoms with Gasteiger partial charge in [-0.05, 0) is 24.1 Å². The Labute approximate surface area is 147 Å². The van der Waals surface area contributed by atoms with Gasteiger partial charge in [0.05, 0.1) is 24.5 Å². The highest BCUT2D eigenvalue weighted by Gasteiger charge is 2.36. The van der Waals surface area contributed by atoms with Crippen LogP contribution < -0.4 is 10.1 Å². The summed E-state index contributed by atoms with van der Waals surface area (Å²) in [5.41, 5.74) is 0.970. The van der Waals surface area contributed by atoms with E-state index in [1.54, 1.807) is 12.0 Å². The van der Waals surface area contributed by atoms with Crippen LogP contribution in [0.25, 0.3) is 0 Å². The number of hydrogen-bond donors (Lipinski definition) is 1. The molecule has 8 heteroatoms. The number of hydrogen-bond acceptors (Lipinski definition) is 5. The standard InChI is InChI=1S/C17H22N2O5S/c1-24-15-4-2-12(3-5-15)9-19-10-13(8-16(19)20)17(21)18-14-6-7-25(22,23)11-14/h2-5,13-14H,6-11H2,1H3,(H,18,21). The molecule has 0 aromatic heterocycles. The number of methoxy groups -OCH3 is 1. The molecule has 3 rings (SSSR count). The molecular formula is C17H22N2O5S. The average Bonchev–Trinajstić information content (AvgIpc) is 3.10. The molecule has 2 aliphatic heterocycles. The minimum atomic E-state index is -3.03. The van der Waals surface area contributed by atoms with Gasteiger partial charge in [-0.25, -0.2) is 8.42 Å². The van der Waals surface area contributed by atoms with Gasteiger partial charge in [-0.1, -0.05) is 12.1 Å². The van der Waals surface area contributed by atoms with Crippen LogP contribution in [0.3, 0.4) is 0 Å². The Balaban J connectivity index is 1.55. The topological polar surface area (TPSA) is 92.8 Å². The summed E-state index contributed by atoms with van der Waals surface area (Å²) >= 11 is 0. The van der Waals surface area contributed by atoms with E-state index < -0.39 is 15.8 Å². The average molecular weight is 366 g/mol. The Kier molecular flexibility index (Phi) is 4.99. The summed E-state index contributed by atoms with van der Waals surface area (Å²) in [6.07, 6.45) is 0.617. The first-order chi connectivity index (χ1) is 11.9. The van der Waals surface area contributed by atoms with Crippen LogP contribution in [0.4, 0.5) is 0 Å². The second-order valence-electron chi connectivity index (χ2n) is 6.63. The molecule has 1 N–H and O–H groups in total. The highest BCUT2D eigenvalue weighted by Crippen LogP contribution is 2.22. The number of nitrogens with zero attached hydrogens (tertiary/aromatic N) is 1. The molecule has 2 atom stereocenters. The van der Waals surface area contributed by atoms with Crippen molar-refractivity contribution < 1.29 is 22.7 Å². The van der Waals surface area contributed by atoms with Gasteiger partial charge in [0.1, 0.15) is 5.75 Å². The van der Waals surface area contributed by atoms with E-state index in [-0.39, 0.29) is 35.8 Å². The SMILES string of the molecule is COc1ccc(CN2CC(C(=O)NC3CCS(=O)(=O)C3)CC2=O)cc1. The fraction of sp³-hybridized carbons (Fsp3) is 0.529. The van der Waals surface area contributed by atoms with E-state index in [0.29, 0.717) is 19.5 Å². The first-order valence-corrected chi connectivity index (χ1v) is 10.1. The number of sulfone groups is 1. The van der Waals surface area contributed by atoms with Crippen LogP contribution in [0.2, 0.25) is 0 Å². The largest absolute Gasteiger partial charge is 0.497 e. The number of rotatable bonds is 5. The van der Waals surface area contributed by atoms with Gasteiger partial charge in [0.15, 0.2) is 9.84 Å². The molecular weight excluding hydrogens is 344 g/mol. The van der Waals surface area contributed by atoms with E-state index in [9.17, 15) is 18.0 Å². The molecule has 0 bridgehead atoms. The van der Waals surface area contributed by atoms with Crippen molar-refractivity contribution in [1.29, 1.82) is 0 Å². The van der Waals surface area contributed by atoms with Gasteiger partial charge in [-0.3, -0.25) is 9.59 Å². The maximum absolute atomic E-state index is 12.3. The van der Waals surface area contributed by atoms with Crippen molar-refractivity contribution in [2.45, 2.75) is 25.4 Å². The van der Waals surface area contributed by atoms with E-state index >= 15 is 0 Å². The molecule has 1 aromatic rings. The number of benzene rings is 1. The number of carbonyl (C=O) groups excluding carboxylic acids is 2. The van der Waals surface area contributed by atoms with Crippen molar-refractivity contribution in [2.24, 2.45) is 5.92 Å². The van der Waals surface area contributed by atoms with Gasteiger partial charge in [0.25, 0.3) is 0 Å². The predicted octanol–water partition coefficient (Wildman–Crippen LogP) is 0.347. The first-order valence-electron chi connectivity index (χ1n) is 8.28. The molecule has 2 heterocycles. The Morgan fingerprint density at radius 1 is 1.32 bits per heavy atom. The Bertz CT molecular complexity index is 760. The lowest BCUT2D eigenvalue weighted by atomic mass is 10.1. The summed E-state index contributed by atoms with van der Waals surface area (Å²) in [7, 11) is -1.44. The molecule has 2 unspecified atom stereocenters. The second kappa shape index (κ2) is 7.03. The number of carbonyl (C=O) groups is 2. The van der Waals surface area contributed by atoms with Crippen LogP contribution in [-0.2, 0) is 26.0 Å². The lowest BCUT2D eigenvalue weighted by Crippen LogP contribution is -2.40. The van der Waals surface area contributed by atoms with Gasteiger partial charge in [0, 0.05) is 25.6 Å². The van der Waals surface area contributed by atoms with Crippen LogP contribution in [0.15, 0.2) is 24.3 Å². The van der Waals surface area contributed by atoms with E-state index in [0.717, 1.165) is 11.3 Å². The maximum atomic E-state index is 12.3. The molecule has 2 amide bonds. The Morgan fingerprint density at radius 3 is 2.64 bits per heavy atom. The number of likely N-dealkylation sites (tertiary alicyclic amines) is 1. The lowest BCUT2D eigenvalue weighted by molar-refractivity contribution is -0.129. The summed E-state index contributed by atoms with van der Waals surface area (Å²) in [6, 6.07) is 7.12. The van der Waals surface area contributed by atoms with E-state index in [4.69, 9.17) is 4.74 Å². The van der Waals surface area contributed by atoms with Crippen LogP contribution in [0, 0.1) is 5.92 Å². The Hall–Kier alpha value is -2.09. The molecule has 25 heavy (non-hydrogen) atoms. The normalized spacial score (nSPS) is 25.2. The van der Waals surface area contributed by atoms with Crippen molar-refractivity contribution in [3.63, 3.8) is 0 Å². The lowest BCUT2D eigenvalue weighted by Gasteiger charge is -2.18. The quantitative estimate of drug-likeness (QED) is 0.812. The van der Waals surface area contributed by atoms with Gasteiger partial charge in [0.2, 0.25) is 11.8 Å². The van der Waals surface area contributed by atoms with Crippen molar-refractivity contribution in [2.75, 3.05) is 25.2 Å². The molecule has 0 radical (unpaired) electrons. The van der Waals surface area contributed by atoms with E-state index in [1.165, 1.54) is 0 Å². The molecule has 2 aliphatic rings. The number of amides is 2.